The Hall–Kier alpha value is -2.37. The Balaban J connectivity index is 1.81. The first-order valence-corrected chi connectivity index (χ1v) is 8.50. The first kappa shape index (κ1) is 16.5. The molecular formula is C18H15ClN2O2S. The van der Waals surface area contributed by atoms with Crippen LogP contribution in [0.15, 0.2) is 47.8 Å². The third-order valence-corrected chi connectivity index (χ3v) is 4.47. The molecule has 0 aliphatic rings. The molecular weight excluding hydrogens is 344 g/mol. The van der Waals surface area contributed by atoms with Gasteiger partial charge in [-0.15, -0.1) is 11.3 Å². The van der Waals surface area contributed by atoms with Gasteiger partial charge in [0.2, 0.25) is 0 Å². The lowest BCUT2D eigenvalue weighted by molar-refractivity contribution is 0.102. The maximum atomic E-state index is 12.5. The molecule has 1 heterocycles. The van der Waals surface area contributed by atoms with E-state index in [1.54, 1.807) is 18.2 Å². The molecule has 2 aromatic carbocycles. The second kappa shape index (κ2) is 7.03. The number of methoxy groups -OCH3 is 1. The van der Waals surface area contributed by atoms with Crippen LogP contribution in [0.1, 0.15) is 15.9 Å². The summed E-state index contributed by atoms with van der Waals surface area (Å²) in [7, 11) is 1.51. The molecule has 0 aliphatic heterocycles. The number of hydrogen-bond acceptors (Lipinski definition) is 4. The monoisotopic (exact) mass is 358 g/mol. The molecule has 3 aromatic rings. The molecule has 0 radical (unpaired) electrons. The minimum Gasteiger partial charge on any atom is -0.496 e. The first-order chi connectivity index (χ1) is 11.6. The number of carbonyl (C=O) groups excluding carboxylic acids is 1. The van der Waals surface area contributed by atoms with Gasteiger partial charge in [0.15, 0.2) is 5.13 Å². The van der Waals surface area contributed by atoms with Crippen LogP contribution >= 0.6 is 22.9 Å². The van der Waals surface area contributed by atoms with Gasteiger partial charge in [-0.3, -0.25) is 10.1 Å². The van der Waals surface area contributed by atoms with Gasteiger partial charge in [0.25, 0.3) is 5.91 Å². The Labute approximate surface area is 149 Å². The maximum absolute atomic E-state index is 12.5. The summed E-state index contributed by atoms with van der Waals surface area (Å²) in [6, 6.07) is 13.0. The predicted molar refractivity (Wildman–Crippen MR) is 98.2 cm³/mol. The summed E-state index contributed by atoms with van der Waals surface area (Å²) in [4.78, 5) is 16.9. The Morgan fingerprint density at radius 3 is 2.67 bits per heavy atom. The van der Waals surface area contributed by atoms with Crippen molar-refractivity contribution in [3.05, 3.63) is 64.0 Å². The predicted octanol–water partition coefficient (Wildman–Crippen LogP) is 5.03. The molecule has 1 aromatic heterocycles. The average Bonchev–Trinajstić information content (AvgIpc) is 3.04. The van der Waals surface area contributed by atoms with Gasteiger partial charge >= 0.3 is 0 Å². The molecule has 0 fully saturated rings. The summed E-state index contributed by atoms with van der Waals surface area (Å²) < 4.78 is 5.21. The number of anilines is 1. The molecule has 0 bridgehead atoms. The molecule has 122 valence electrons. The molecule has 0 aliphatic carbocycles. The normalized spacial score (nSPS) is 10.5. The largest absolute Gasteiger partial charge is 0.496 e. The molecule has 6 heteroatoms. The maximum Gasteiger partial charge on any atom is 0.261 e. The molecule has 0 unspecified atom stereocenters. The number of rotatable bonds is 4. The minimum absolute atomic E-state index is 0.306. The molecule has 0 saturated heterocycles. The van der Waals surface area contributed by atoms with Crippen molar-refractivity contribution in [2.45, 2.75) is 6.92 Å². The van der Waals surface area contributed by atoms with Crippen molar-refractivity contribution in [2.75, 3.05) is 12.4 Å². The number of aryl methyl sites for hydroxylation is 1. The topological polar surface area (TPSA) is 51.2 Å². The Morgan fingerprint density at radius 2 is 1.96 bits per heavy atom. The Morgan fingerprint density at radius 1 is 1.21 bits per heavy atom. The van der Waals surface area contributed by atoms with E-state index in [0.29, 0.717) is 21.5 Å². The van der Waals surface area contributed by atoms with E-state index < -0.39 is 0 Å². The van der Waals surface area contributed by atoms with Crippen LogP contribution in [-0.4, -0.2) is 18.0 Å². The fourth-order valence-corrected chi connectivity index (χ4v) is 3.10. The standard InChI is InChI=1S/C18H15ClN2O2S/c1-11-3-5-12(6-4-11)15-10-24-18(20-15)21-17(22)14-9-13(19)7-8-16(14)23-2/h3-10H,1-2H3,(H,20,21,22). The molecule has 24 heavy (non-hydrogen) atoms. The average molecular weight is 359 g/mol. The summed E-state index contributed by atoms with van der Waals surface area (Å²) in [5.74, 6) is 0.159. The molecule has 3 rings (SSSR count). The van der Waals surface area contributed by atoms with Crippen LogP contribution in [0.3, 0.4) is 0 Å². The molecule has 1 N–H and O–H groups in total. The van der Waals surface area contributed by atoms with Crippen molar-refractivity contribution >= 4 is 34.0 Å². The van der Waals surface area contributed by atoms with Crippen molar-refractivity contribution in [2.24, 2.45) is 0 Å². The fourth-order valence-electron chi connectivity index (χ4n) is 2.21. The van der Waals surface area contributed by atoms with Crippen molar-refractivity contribution in [1.82, 2.24) is 4.98 Å². The van der Waals surface area contributed by atoms with Crippen molar-refractivity contribution in [1.29, 1.82) is 0 Å². The third kappa shape index (κ3) is 3.58. The van der Waals surface area contributed by atoms with Crippen LogP contribution < -0.4 is 10.1 Å². The van der Waals surface area contributed by atoms with Crippen LogP contribution in [-0.2, 0) is 0 Å². The summed E-state index contributed by atoms with van der Waals surface area (Å²) in [5.41, 5.74) is 3.40. The van der Waals surface area contributed by atoms with E-state index in [0.717, 1.165) is 11.3 Å². The molecule has 4 nitrogen and oxygen atoms in total. The van der Waals surface area contributed by atoms with E-state index in [-0.39, 0.29) is 5.91 Å². The van der Waals surface area contributed by atoms with Gasteiger partial charge < -0.3 is 4.74 Å². The van der Waals surface area contributed by atoms with Gasteiger partial charge in [-0.05, 0) is 25.1 Å². The van der Waals surface area contributed by atoms with Crippen LogP contribution in [0.5, 0.6) is 5.75 Å². The number of halogens is 1. The van der Waals surface area contributed by atoms with Gasteiger partial charge in [-0.1, -0.05) is 41.4 Å². The van der Waals surface area contributed by atoms with Crippen LogP contribution in [0.4, 0.5) is 5.13 Å². The lowest BCUT2D eigenvalue weighted by Gasteiger charge is -2.08. The number of hydrogen-bond donors (Lipinski definition) is 1. The van der Waals surface area contributed by atoms with E-state index in [9.17, 15) is 4.79 Å². The number of nitrogens with zero attached hydrogens (tertiary/aromatic N) is 1. The fraction of sp³-hybridized carbons (Fsp3) is 0.111. The first-order valence-electron chi connectivity index (χ1n) is 7.24. The van der Waals surface area contributed by atoms with Gasteiger partial charge in [-0.2, -0.15) is 0 Å². The number of benzene rings is 2. The van der Waals surface area contributed by atoms with E-state index in [1.807, 2.05) is 36.6 Å². The second-order valence-corrected chi connectivity index (χ2v) is 6.50. The minimum atomic E-state index is -0.306. The smallest absolute Gasteiger partial charge is 0.261 e. The number of nitrogens with one attached hydrogen (secondary N) is 1. The zero-order chi connectivity index (χ0) is 17.1. The molecule has 0 spiro atoms. The van der Waals surface area contributed by atoms with Crippen molar-refractivity contribution in [3.63, 3.8) is 0 Å². The van der Waals surface area contributed by atoms with Gasteiger partial charge in [0.1, 0.15) is 5.75 Å². The molecule has 1 amide bonds. The number of amides is 1. The number of thiazole rings is 1. The highest BCUT2D eigenvalue weighted by Gasteiger charge is 2.15. The van der Waals surface area contributed by atoms with E-state index >= 15 is 0 Å². The van der Waals surface area contributed by atoms with E-state index in [2.05, 4.69) is 10.3 Å². The van der Waals surface area contributed by atoms with E-state index in [4.69, 9.17) is 16.3 Å². The van der Waals surface area contributed by atoms with Crippen molar-refractivity contribution < 1.29 is 9.53 Å². The SMILES string of the molecule is COc1ccc(Cl)cc1C(=O)Nc1nc(-c2ccc(C)cc2)cs1. The Bertz CT molecular complexity index is 875. The third-order valence-electron chi connectivity index (χ3n) is 3.48. The second-order valence-electron chi connectivity index (χ2n) is 5.20. The van der Waals surface area contributed by atoms with Crippen LogP contribution in [0.25, 0.3) is 11.3 Å². The quantitative estimate of drug-likeness (QED) is 0.711. The van der Waals surface area contributed by atoms with Crippen LogP contribution in [0.2, 0.25) is 5.02 Å². The van der Waals surface area contributed by atoms with Crippen LogP contribution in [0, 0.1) is 6.92 Å². The highest BCUT2D eigenvalue weighted by atomic mass is 35.5. The molecule has 0 atom stereocenters. The highest BCUT2D eigenvalue weighted by Crippen LogP contribution is 2.27. The van der Waals surface area contributed by atoms with E-state index in [1.165, 1.54) is 24.0 Å². The number of aromatic nitrogens is 1. The van der Waals surface area contributed by atoms with Gasteiger partial charge in [-0.25, -0.2) is 4.98 Å². The Kier molecular flexibility index (Phi) is 4.83. The molecule has 0 saturated carbocycles. The highest BCUT2D eigenvalue weighted by molar-refractivity contribution is 7.14. The summed E-state index contributed by atoms with van der Waals surface area (Å²) in [5, 5.41) is 5.70. The zero-order valence-electron chi connectivity index (χ0n) is 13.2. The summed E-state index contributed by atoms with van der Waals surface area (Å²) in [6.07, 6.45) is 0. The van der Waals surface area contributed by atoms with Gasteiger partial charge in [0, 0.05) is 16.0 Å². The lowest BCUT2D eigenvalue weighted by Crippen LogP contribution is -2.13. The summed E-state index contributed by atoms with van der Waals surface area (Å²) >= 11 is 7.34. The van der Waals surface area contributed by atoms with Gasteiger partial charge in [0.05, 0.1) is 18.4 Å². The lowest BCUT2D eigenvalue weighted by atomic mass is 10.1. The number of carbonyl (C=O) groups is 1. The number of ether oxygens (including phenoxy) is 1. The summed E-state index contributed by atoms with van der Waals surface area (Å²) in [6.45, 7) is 2.04. The zero-order valence-corrected chi connectivity index (χ0v) is 14.7. The van der Waals surface area contributed by atoms with Crippen molar-refractivity contribution in [3.8, 4) is 17.0 Å².